The van der Waals surface area contributed by atoms with Gasteiger partial charge in [0.25, 0.3) is 0 Å². The van der Waals surface area contributed by atoms with Gasteiger partial charge < -0.3 is 15.1 Å². The van der Waals surface area contributed by atoms with E-state index < -0.39 is 0 Å². The number of allylic oxidation sites excluding steroid dienone is 8. The summed E-state index contributed by atoms with van der Waals surface area (Å²) >= 11 is 0. The van der Waals surface area contributed by atoms with Gasteiger partial charge in [0.05, 0.1) is 0 Å². The average molecular weight is 399 g/mol. The summed E-state index contributed by atoms with van der Waals surface area (Å²) in [5.41, 5.74) is 7.45. The molecule has 0 atom stereocenters. The van der Waals surface area contributed by atoms with Gasteiger partial charge in [-0.1, -0.05) is 37.6 Å². The molecule has 0 aliphatic carbocycles. The first kappa shape index (κ1) is 25.0. The van der Waals surface area contributed by atoms with E-state index in [1.165, 1.54) is 28.0 Å². The van der Waals surface area contributed by atoms with E-state index in [2.05, 4.69) is 95.2 Å². The molecule has 0 bridgehead atoms. The molecule has 0 aromatic carbocycles. The van der Waals surface area contributed by atoms with E-state index in [0.717, 1.165) is 44.7 Å². The fraction of sp³-hybridized carbons (Fsp3) is 0.560. The van der Waals surface area contributed by atoms with Gasteiger partial charge in [0.1, 0.15) is 0 Å². The number of hydrogen-bond donors (Lipinski definition) is 1. The van der Waals surface area contributed by atoms with Crippen LogP contribution in [0.3, 0.4) is 0 Å². The minimum absolute atomic E-state index is 0.993. The molecule has 1 rings (SSSR count). The van der Waals surface area contributed by atoms with Crippen LogP contribution in [0.25, 0.3) is 0 Å². The van der Waals surface area contributed by atoms with Crippen molar-refractivity contribution in [2.45, 2.75) is 54.4 Å². The minimum Gasteiger partial charge on any atom is -0.383 e. The van der Waals surface area contributed by atoms with E-state index in [-0.39, 0.29) is 0 Å². The molecule has 4 heteroatoms. The summed E-state index contributed by atoms with van der Waals surface area (Å²) in [6, 6.07) is 0. The average Bonchev–Trinajstić information content (AvgIpc) is 2.71. The van der Waals surface area contributed by atoms with Crippen molar-refractivity contribution in [3.05, 3.63) is 58.6 Å². The van der Waals surface area contributed by atoms with Crippen molar-refractivity contribution >= 4 is 5.71 Å². The highest BCUT2D eigenvalue weighted by molar-refractivity contribution is 6.04. The van der Waals surface area contributed by atoms with Gasteiger partial charge >= 0.3 is 0 Å². The Morgan fingerprint density at radius 2 is 1.76 bits per heavy atom. The first-order chi connectivity index (χ1) is 13.8. The van der Waals surface area contributed by atoms with Crippen LogP contribution in [0.2, 0.25) is 0 Å². The second-order valence-electron chi connectivity index (χ2n) is 7.80. The molecule has 4 nitrogen and oxygen atoms in total. The Bertz CT molecular complexity index is 696. The highest BCUT2D eigenvalue weighted by Crippen LogP contribution is 2.28. The molecule has 1 saturated heterocycles. The molecule has 1 N–H and O–H groups in total. The SMILES string of the molecule is C/C=C(C(/C=C(C)CC)=C/N(C)C)\C(C(\C)=N\C=C\CC)=C(\C)N1CCNCC1. The number of rotatable bonds is 9. The normalized spacial score (nSPS) is 18.4. The Balaban J connectivity index is 3.62. The van der Waals surface area contributed by atoms with E-state index in [0.29, 0.717) is 0 Å². The largest absolute Gasteiger partial charge is 0.383 e. The number of piperazine rings is 1. The van der Waals surface area contributed by atoms with Crippen molar-refractivity contribution in [3.8, 4) is 0 Å². The van der Waals surface area contributed by atoms with Crippen molar-refractivity contribution in [2.75, 3.05) is 40.3 Å². The smallest absolute Gasteiger partial charge is 0.0468 e. The molecular formula is C25H42N4. The van der Waals surface area contributed by atoms with E-state index in [1.54, 1.807) is 0 Å². The number of nitrogens with one attached hydrogen (secondary N) is 1. The van der Waals surface area contributed by atoms with E-state index in [4.69, 9.17) is 4.99 Å². The third-order valence-electron chi connectivity index (χ3n) is 5.15. The molecular weight excluding hydrogens is 356 g/mol. The molecule has 0 radical (unpaired) electrons. The zero-order chi connectivity index (χ0) is 21.8. The minimum atomic E-state index is 0.993. The molecule has 0 saturated carbocycles. The topological polar surface area (TPSA) is 30.9 Å². The first-order valence-electron chi connectivity index (χ1n) is 10.9. The molecule has 0 unspecified atom stereocenters. The lowest BCUT2D eigenvalue weighted by Crippen LogP contribution is -2.43. The molecule has 0 aromatic rings. The molecule has 162 valence electrons. The van der Waals surface area contributed by atoms with Gasteiger partial charge in [-0.25, -0.2) is 0 Å². The standard InChI is InChI=1S/C25H42N4/c1-9-12-13-27-21(5)25(22(6)29-16-14-26-15-17-29)24(11-3)23(19-28(7)8)18-20(4)10-2/h11-13,18-19,26H,9-10,14-17H2,1-8H3/b13-12+,20-18?,23-19+,24-11-,25-22-,27-21+. The quantitative estimate of drug-likeness (QED) is 0.422. The van der Waals surface area contributed by atoms with Gasteiger partial charge in [0.15, 0.2) is 0 Å². The highest BCUT2D eigenvalue weighted by atomic mass is 15.2. The Hall–Kier alpha value is -2.07. The lowest BCUT2D eigenvalue weighted by Gasteiger charge is -2.32. The Morgan fingerprint density at radius 3 is 2.28 bits per heavy atom. The van der Waals surface area contributed by atoms with Crippen molar-refractivity contribution in [1.29, 1.82) is 0 Å². The summed E-state index contributed by atoms with van der Waals surface area (Å²) < 4.78 is 0. The lowest BCUT2D eigenvalue weighted by atomic mass is 9.91. The Labute approximate surface area is 179 Å². The van der Waals surface area contributed by atoms with Gasteiger partial charge in [-0.2, -0.15) is 0 Å². The van der Waals surface area contributed by atoms with E-state index >= 15 is 0 Å². The summed E-state index contributed by atoms with van der Waals surface area (Å²) in [5, 5.41) is 3.46. The monoisotopic (exact) mass is 398 g/mol. The third-order valence-corrected chi connectivity index (χ3v) is 5.15. The predicted molar refractivity (Wildman–Crippen MR) is 129 cm³/mol. The summed E-state index contributed by atoms with van der Waals surface area (Å²) in [6.07, 6.45) is 12.9. The number of hydrogen-bond acceptors (Lipinski definition) is 4. The zero-order valence-electron chi connectivity index (χ0n) is 20.0. The Kier molecular flexibility index (Phi) is 11.4. The molecule has 1 aliphatic heterocycles. The zero-order valence-corrected chi connectivity index (χ0v) is 20.0. The summed E-state index contributed by atoms with van der Waals surface area (Å²) in [5.74, 6) is 0. The van der Waals surface area contributed by atoms with Gasteiger partial charge in [-0.3, -0.25) is 4.99 Å². The summed E-state index contributed by atoms with van der Waals surface area (Å²) in [4.78, 5) is 9.41. The van der Waals surface area contributed by atoms with E-state index in [1.807, 2.05) is 6.20 Å². The lowest BCUT2D eigenvalue weighted by molar-refractivity contribution is 0.299. The van der Waals surface area contributed by atoms with Crippen LogP contribution in [0.4, 0.5) is 0 Å². The summed E-state index contributed by atoms with van der Waals surface area (Å²) in [6.45, 7) is 17.2. The molecule has 0 spiro atoms. The molecule has 1 heterocycles. The van der Waals surface area contributed by atoms with Gasteiger partial charge in [0, 0.05) is 69.7 Å². The molecule has 0 aromatic heterocycles. The van der Waals surface area contributed by atoms with Gasteiger partial charge in [-0.15, -0.1) is 0 Å². The third kappa shape index (κ3) is 8.06. The maximum Gasteiger partial charge on any atom is 0.0468 e. The molecule has 29 heavy (non-hydrogen) atoms. The number of nitrogens with zero attached hydrogens (tertiary/aromatic N) is 3. The van der Waals surface area contributed by atoms with Crippen LogP contribution in [-0.2, 0) is 0 Å². The summed E-state index contributed by atoms with van der Waals surface area (Å²) in [7, 11) is 4.17. The van der Waals surface area contributed by atoms with Crippen LogP contribution in [-0.4, -0.2) is 55.8 Å². The first-order valence-corrected chi connectivity index (χ1v) is 10.9. The maximum atomic E-state index is 4.79. The van der Waals surface area contributed by atoms with Crippen molar-refractivity contribution in [1.82, 2.24) is 15.1 Å². The van der Waals surface area contributed by atoms with Gasteiger partial charge in [0.2, 0.25) is 0 Å². The van der Waals surface area contributed by atoms with E-state index in [9.17, 15) is 0 Å². The molecule has 1 fully saturated rings. The van der Waals surface area contributed by atoms with Crippen LogP contribution < -0.4 is 5.32 Å². The van der Waals surface area contributed by atoms with Crippen LogP contribution >= 0.6 is 0 Å². The fourth-order valence-corrected chi connectivity index (χ4v) is 3.43. The van der Waals surface area contributed by atoms with Crippen LogP contribution in [0.15, 0.2) is 63.6 Å². The molecule has 0 amide bonds. The molecule has 1 aliphatic rings. The predicted octanol–water partition coefficient (Wildman–Crippen LogP) is 5.30. The highest BCUT2D eigenvalue weighted by Gasteiger charge is 2.20. The van der Waals surface area contributed by atoms with Crippen LogP contribution in [0, 0.1) is 0 Å². The maximum absolute atomic E-state index is 4.79. The number of aliphatic imine (C=N–C) groups is 1. The Morgan fingerprint density at radius 1 is 1.10 bits per heavy atom. The van der Waals surface area contributed by atoms with Crippen molar-refractivity contribution in [2.24, 2.45) is 4.99 Å². The van der Waals surface area contributed by atoms with Crippen molar-refractivity contribution in [3.63, 3.8) is 0 Å². The van der Waals surface area contributed by atoms with Crippen LogP contribution in [0.1, 0.15) is 54.4 Å². The second-order valence-corrected chi connectivity index (χ2v) is 7.80. The van der Waals surface area contributed by atoms with Gasteiger partial charge in [-0.05, 0) is 51.7 Å². The fourth-order valence-electron chi connectivity index (χ4n) is 3.43. The van der Waals surface area contributed by atoms with Crippen molar-refractivity contribution < 1.29 is 0 Å². The second kappa shape index (κ2) is 13.2. The van der Waals surface area contributed by atoms with Crippen LogP contribution in [0.5, 0.6) is 0 Å².